The van der Waals surface area contributed by atoms with Crippen LogP contribution in [0, 0.1) is 12.8 Å². The fourth-order valence-corrected chi connectivity index (χ4v) is 2.27. The van der Waals surface area contributed by atoms with Crippen molar-refractivity contribution in [1.82, 2.24) is 5.32 Å². The molecule has 1 N–H and O–H groups in total. The number of nitrogens with one attached hydrogen (secondary N) is 1. The van der Waals surface area contributed by atoms with Crippen molar-refractivity contribution in [2.75, 3.05) is 19.8 Å². The van der Waals surface area contributed by atoms with Crippen molar-refractivity contribution >= 4 is 0 Å². The molecule has 2 rings (SSSR count). The molecule has 0 aromatic heterocycles. The van der Waals surface area contributed by atoms with Crippen molar-refractivity contribution in [2.45, 2.75) is 26.3 Å². The minimum absolute atomic E-state index is 0.432. The van der Waals surface area contributed by atoms with Crippen LogP contribution in [0.3, 0.4) is 0 Å². The van der Waals surface area contributed by atoms with Gasteiger partial charge in [0.25, 0.3) is 0 Å². The summed E-state index contributed by atoms with van der Waals surface area (Å²) >= 11 is 0. The van der Waals surface area contributed by atoms with Crippen LogP contribution < -0.4 is 5.32 Å². The highest BCUT2D eigenvalue weighted by Gasteiger charge is 2.16. The third-order valence-electron chi connectivity index (χ3n) is 3.39. The predicted molar refractivity (Wildman–Crippen MR) is 66.5 cm³/mol. The van der Waals surface area contributed by atoms with Crippen molar-refractivity contribution in [3.8, 4) is 0 Å². The Hall–Kier alpha value is -0.860. The summed E-state index contributed by atoms with van der Waals surface area (Å²) in [4.78, 5) is 0. The first-order chi connectivity index (χ1) is 7.77. The van der Waals surface area contributed by atoms with Crippen LogP contribution in [0.4, 0.5) is 0 Å². The van der Waals surface area contributed by atoms with Gasteiger partial charge in [-0.25, -0.2) is 0 Å². The number of ether oxygens (including phenoxy) is 1. The zero-order chi connectivity index (χ0) is 11.4. The molecule has 2 nitrogen and oxygen atoms in total. The van der Waals surface area contributed by atoms with Gasteiger partial charge in [0.05, 0.1) is 6.61 Å². The van der Waals surface area contributed by atoms with Crippen molar-refractivity contribution < 1.29 is 4.74 Å². The van der Waals surface area contributed by atoms with Gasteiger partial charge in [0.2, 0.25) is 0 Å². The molecule has 1 aromatic carbocycles. The van der Waals surface area contributed by atoms with Gasteiger partial charge >= 0.3 is 0 Å². The van der Waals surface area contributed by atoms with Gasteiger partial charge in [-0.3, -0.25) is 0 Å². The molecule has 1 aliphatic heterocycles. The Labute approximate surface area is 98.0 Å². The highest BCUT2D eigenvalue weighted by Crippen LogP contribution is 2.18. The van der Waals surface area contributed by atoms with Gasteiger partial charge in [-0.1, -0.05) is 24.3 Å². The number of aryl methyl sites for hydroxylation is 1. The van der Waals surface area contributed by atoms with Gasteiger partial charge in [0.1, 0.15) is 0 Å². The second-order valence-electron chi connectivity index (χ2n) is 4.72. The molecular formula is C14H21NO. The van der Waals surface area contributed by atoms with Crippen molar-refractivity contribution in [1.29, 1.82) is 0 Å². The first-order valence-corrected chi connectivity index (χ1v) is 6.14. The van der Waals surface area contributed by atoms with Crippen LogP contribution >= 0.6 is 0 Å². The molecule has 16 heavy (non-hydrogen) atoms. The van der Waals surface area contributed by atoms with Gasteiger partial charge < -0.3 is 10.1 Å². The topological polar surface area (TPSA) is 21.3 Å². The smallest absolute Gasteiger partial charge is 0.0507 e. The lowest BCUT2D eigenvalue weighted by Gasteiger charge is -2.18. The van der Waals surface area contributed by atoms with E-state index in [-0.39, 0.29) is 0 Å². The monoisotopic (exact) mass is 219 g/mol. The largest absolute Gasteiger partial charge is 0.381 e. The molecule has 1 unspecified atom stereocenters. The molecule has 2 heteroatoms. The van der Waals surface area contributed by atoms with Crippen LogP contribution in [0.2, 0.25) is 0 Å². The Balaban J connectivity index is 1.87. The van der Waals surface area contributed by atoms with Crippen LogP contribution in [0.1, 0.15) is 30.5 Å². The molecule has 0 radical (unpaired) electrons. The zero-order valence-electron chi connectivity index (χ0n) is 10.2. The average molecular weight is 219 g/mol. The molecule has 0 aliphatic carbocycles. The Morgan fingerprint density at radius 1 is 1.44 bits per heavy atom. The summed E-state index contributed by atoms with van der Waals surface area (Å²) in [5.74, 6) is 0.700. The lowest BCUT2D eigenvalue weighted by Crippen LogP contribution is -2.26. The Kier molecular flexibility index (Phi) is 3.97. The quantitative estimate of drug-likeness (QED) is 0.840. The lowest BCUT2D eigenvalue weighted by molar-refractivity contribution is 0.184. The number of hydrogen-bond acceptors (Lipinski definition) is 2. The van der Waals surface area contributed by atoms with Crippen LogP contribution in [0.5, 0.6) is 0 Å². The average Bonchev–Trinajstić information content (AvgIpc) is 2.79. The first kappa shape index (κ1) is 11.6. The van der Waals surface area contributed by atoms with E-state index in [1.54, 1.807) is 0 Å². The van der Waals surface area contributed by atoms with Crippen molar-refractivity contribution in [2.24, 2.45) is 5.92 Å². The molecule has 1 saturated heterocycles. The van der Waals surface area contributed by atoms with E-state index in [1.165, 1.54) is 17.5 Å². The summed E-state index contributed by atoms with van der Waals surface area (Å²) in [6.07, 6.45) is 1.20. The third-order valence-corrected chi connectivity index (χ3v) is 3.39. The molecule has 0 saturated carbocycles. The molecule has 2 atom stereocenters. The molecule has 0 spiro atoms. The van der Waals surface area contributed by atoms with Crippen LogP contribution in [0.15, 0.2) is 24.3 Å². The zero-order valence-corrected chi connectivity index (χ0v) is 10.2. The summed E-state index contributed by atoms with van der Waals surface area (Å²) < 4.78 is 5.38. The van der Waals surface area contributed by atoms with E-state index in [1.807, 2.05) is 0 Å². The second-order valence-corrected chi connectivity index (χ2v) is 4.72. The van der Waals surface area contributed by atoms with Crippen LogP contribution in [0.25, 0.3) is 0 Å². The van der Waals surface area contributed by atoms with E-state index in [0.29, 0.717) is 12.0 Å². The number of rotatable bonds is 4. The molecule has 0 bridgehead atoms. The van der Waals surface area contributed by atoms with E-state index < -0.39 is 0 Å². The number of benzene rings is 1. The first-order valence-electron chi connectivity index (χ1n) is 6.14. The molecule has 0 amide bonds. The van der Waals surface area contributed by atoms with Crippen molar-refractivity contribution in [3.63, 3.8) is 0 Å². The summed E-state index contributed by atoms with van der Waals surface area (Å²) in [6, 6.07) is 9.02. The van der Waals surface area contributed by atoms with E-state index in [4.69, 9.17) is 4.74 Å². The van der Waals surface area contributed by atoms with E-state index in [0.717, 1.165) is 19.8 Å². The fraction of sp³-hybridized carbons (Fsp3) is 0.571. The molecule has 1 aromatic rings. The minimum Gasteiger partial charge on any atom is -0.381 e. The van der Waals surface area contributed by atoms with E-state index in [2.05, 4.69) is 43.4 Å². The Morgan fingerprint density at radius 3 is 2.94 bits per heavy atom. The van der Waals surface area contributed by atoms with Gasteiger partial charge in [-0.05, 0) is 37.3 Å². The van der Waals surface area contributed by atoms with Gasteiger partial charge in [0, 0.05) is 19.2 Å². The maximum absolute atomic E-state index is 5.38. The fourth-order valence-electron chi connectivity index (χ4n) is 2.27. The van der Waals surface area contributed by atoms with E-state index >= 15 is 0 Å². The van der Waals surface area contributed by atoms with Crippen LogP contribution in [-0.2, 0) is 4.74 Å². The molecule has 1 heterocycles. The maximum atomic E-state index is 5.38. The Morgan fingerprint density at radius 2 is 2.25 bits per heavy atom. The van der Waals surface area contributed by atoms with E-state index in [9.17, 15) is 0 Å². The summed E-state index contributed by atoms with van der Waals surface area (Å²) in [5, 5.41) is 3.60. The third kappa shape index (κ3) is 2.83. The normalized spacial score (nSPS) is 22.2. The minimum atomic E-state index is 0.432. The molecular weight excluding hydrogens is 198 g/mol. The van der Waals surface area contributed by atoms with Gasteiger partial charge in [0.15, 0.2) is 0 Å². The SMILES string of the molecule is Cc1ccccc1[C@@H](C)NCC1CCOC1. The highest BCUT2D eigenvalue weighted by atomic mass is 16.5. The predicted octanol–water partition coefficient (Wildman–Crippen LogP) is 2.68. The summed E-state index contributed by atoms with van der Waals surface area (Å²) in [6.45, 7) is 7.33. The second kappa shape index (κ2) is 5.46. The standard InChI is InChI=1S/C14H21NO/c1-11-5-3-4-6-14(11)12(2)15-9-13-7-8-16-10-13/h3-6,12-13,15H,7-10H2,1-2H3/t12-,13?/m1/s1. The highest BCUT2D eigenvalue weighted by molar-refractivity contribution is 5.28. The molecule has 1 fully saturated rings. The van der Waals surface area contributed by atoms with Gasteiger partial charge in [-0.15, -0.1) is 0 Å². The number of hydrogen-bond donors (Lipinski definition) is 1. The Bertz CT molecular complexity index is 331. The maximum Gasteiger partial charge on any atom is 0.0507 e. The van der Waals surface area contributed by atoms with Crippen molar-refractivity contribution in [3.05, 3.63) is 35.4 Å². The molecule has 88 valence electrons. The molecule has 1 aliphatic rings. The summed E-state index contributed by atoms with van der Waals surface area (Å²) in [5.41, 5.74) is 2.77. The summed E-state index contributed by atoms with van der Waals surface area (Å²) in [7, 11) is 0. The lowest BCUT2D eigenvalue weighted by atomic mass is 10.0. The van der Waals surface area contributed by atoms with Gasteiger partial charge in [-0.2, -0.15) is 0 Å². The van der Waals surface area contributed by atoms with Crippen LogP contribution in [-0.4, -0.2) is 19.8 Å².